The molecule has 120 valence electrons. The van der Waals surface area contributed by atoms with Gasteiger partial charge in [0.05, 0.1) is 17.6 Å². The van der Waals surface area contributed by atoms with Gasteiger partial charge in [0.1, 0.15) is 5.65 Å². The molecule has 6 nitrogen and oxygen atoms in total. The molecule has 0 aliphatic heterocycles. The number of nitrogens with one attached hydrogen (secondary N) is 1. The average Bonchev–Trinajstić information content (AvgIpc) is 3.27. The number of aromatic nitrogens is 6. The Balaban J connectivity index is 1.82. The van der Waals surface area contributed by atoms with Gasteiger partial charge in [-0.25, -0.2) is 15.0 Å². The van der Waals surface area contributed by atoms with Gasteiger partial charge in [-0.2, -0.15) is 5.10 Å². The monoisotopic (exact) mass is 354 g/mol. The number of nitrogens with zero attached hydrogens (tertiary/aromatic N) is 5. The molecule has 0 bridgehead atoms. The summed E-state index contributed by atoms with van der Waals surface area (Å²) in [5.74, 6) is 0. The Hall–Kier alpha value is -2.24. The summed E-state index contributed by atoms with van der Waals surface area (Å²) >= 11 is 1.52. The molecule has 0 fully saturated rings. The summed E-state index contributed by atoms with van der Waals surface area (Å²) in [6.07, 6.45) is 9.49. The minimum atomic E-state index is 0.666. The highest BCUT2D eigenvalue weighted by atomic mass is 32.2. The maximum Gasteiger partial charge on any atom is 0.187 e. The van der Waals surface area contributed by atoms with Crippen molar-refractivity contribution in [1.82, 2.24) is 29.5 Å². The van der Waals surface area contributed by atoms with Gasteiger partial charge in [-0.3, -0.25) is 5.10 Å². The first kappa shape index (κ1) is 15.3. The van der Waals surface area contributed by atoms with Crippen molar-refractivity contribution in [2.45, 2.75) is 5.16 Å². The predicted molar refractivity (Wildman–Crippen MR) is 99.8 cm³/mol. The van der Waals surface area contributed by atoms with Gasteiger partial charge in [0.2, 0.25) is 0 Å². The summed E-state index contributed by atoms with van der Waals surface area (Å²) < 4.78 is 2.15. The van der Waals surface area contributed by atoms with E-state index in [1.165, 1.54) is 11.8 Å². The lowest BCUT2D eigenvalue weighted by Crippen LogP contribution is -1.91. The number of thioether (sulfide) groups is 1. The Morgan fingerprint density at radius 2 is 2.12 bits per heavy atom. The van der Waals surface area contributed by atoms with Crippen molar-refractivity contribution < 1.29 is 0 Å². The Kier molecular flexibility index (Phi) is 4.04. The van der Waals surface area contributed by atoms with Gasteiger partial charge in [-0.15, -0.1) is 0 Å². The van der Waals surface area contributed by atoms with Gasteiger partial charge in [-0.05, 0) is 39.9 Å². The molecule has 4 aromatic heterocycles. The summed E-state index contributed by atoms with van der Waals surface area (Å²) in [5, 5.41) is 9.15. The van der Waals surface area contributed by atoms with Crippen LogP contribution in [0.5, 0.6) is 0 Å². The lowest BCUT2D eigenvalue weighted by Gasteiger charge is -2.05. The number of pyridine rings is 1. The van der Waals surface area contributed by atoms with Crippen LogP contribution in [-0.2, 0) is 0 Å². The summed E-state index contributed by atoms with van der Waals surface area (Å²) in [6.45, 7) is 2.14. The van der Waals surface area contributed by atoms with Crippen molar-refractivity contribution >= 4 is 31.5 Å². The fourth-order valence-electron chi connectivity index (χ4n) is 2.63. The Morgan fingerprint density at radius 3 is 2.96 bits per heavy atom. The molecule has 1 unspecified atom stereocenters. The molecule has 0 aliphatic carbocycles. The third-order valence-corrected chi connectivity index (χ3v) is 5.19. The summed E-state index contributed by atoms with van der Waals surface area (Å²) in [6, 6.07) is 6.12. The molecule has 0 saturated carbocycles. The molecule has 8 heteroatoms. The Labute approximate surface area is 145 Å². The summed E-state index contributed by atoms with van der Waals surface area (Å²) in [7, 11) is 0.666. The van der Waals surface area contributed by atoms with Crippen LogP contribution >= 0.6 is 20.5 Å². The average molecular weight is 354 g/mol. The lowest BCUT2D eigenvalue weighted by molar-refractivity contribution is 0.976. The second-order valence-corrected chi connectivity index (χ2v) is 6.84. The second kappa shape index (κ2) is 6.34. The van der Waals surface area contributed by atoms with E-state index in [0.717, 1.165) is 38.7 Å². The molecular weight excluding hydrogens is 339 g/mol. The van der Waals surface area contributed by atoms with Crippen molar-refractivity contribution in [3.63, 3.8) is 0 Å². The fourth-order valence-corrected chi connectivity index (χ4v) is 3.61. The number of fused-ring (bicyclic) bond motifs is 1. The van der Waals surface area contributed by atoms with Gasteiger partial charge in [0.25, 0.3) is 0 Å². The van der Waals surface area contributed by atoms with Gasteiger partial charge in [-0.1, -0.05) is 11.8 Å². The zero-order chi connectivity index (χ0) is 16.5. The van der Waals surface area contributed by atoms with Crippen LogP contribution in [0.2, 0.25) is 0 Å². The van der Waals surface area contributed by atoms with Crippen LogP contribution in [0, 0.1) is 0 Å². The second-order valence-electron chi connectivity index (χ2n) is 5.13. The molecule has 4 aromatic rings. The molecule has 0 aliphatic rings. The normalized spacial score (nSPS) is 11.8. The number of hydrogen-bond donors (Lipinski definition) is 1. The SMILES string of the molecule is CPn1ccc2cc(-c3[nH]ncc3-c3ccnc(SC)n3)cnc21. The number of H-pyrrole nitrogens is 1. The van der Waals surface area contributed by atoms with Crippen LogP contribution in [0.15, 0.2) is 48.1 Å². The minimum Gasteiger partial charge on any atom is -0.314 e. The van der Waals surface area contributed by atoms with E-state index < -0.39 is 0 Å². The van der Waals surface area contributed by atoms with E-state index in [4.69, 9.17) is 0 Å². The van der Waals surface area contributed by atoms with E-state index in [9.17, 15) is 0 Å². The highest BCUT2D eigenvalue weighted by Gasteiger charge is 2.13. The maximum atomic E-state index is 4.62. The van der Waals surface area contributed by atoms with E-state index >= 15 is 0 Å². The van der Waals surface area contributed by atoms with Crippen molar-refractivity contribution in [3.8, 4) is 22.5 Å². The van der Waals surface area contributed by atoms with Crippen molar-refractivity contribution in [2.75, 3.05) is 12.9 Å². The van der Waals surface area contributed by atoms with Crippen molar-refractivity contribution in [2.24, 2.45) is 0 Å². The van der Waals surface area contributed by atoms with Crippen molar-refractivity contribution in [1.29, 1.82) is 0 Å². The van der Waals surface area contributed by atoms with Gasteiger partial charge < -0.3 is 4.34 Å². The van der Waals surface area contributed by atoms with Crippen LogP contribution in [0.25, 0.3) is 33.5 Å². The van der Waals surface area contributed by atoms with Crippen LogP contribution in [0.4, 0.5) is 0 Å². The number of hydrogen-bond acceptors (Lipinski definition) is 5. The van der Waals surface area contributed by atoms with E-state index in [0.29, 0.717) is 8.73 Å². The first-order valence-electron chi connectivity index (χ1n) is 7.36. The fraction of sp³-hybridized carbons (Fsp3) is 0.125. The van der Waals surface area contributed by atoms with Gasteiger partial charge in [0, 0.05) is 35.1 Å². The molecule has 0 saturated heterocycles. The smallest absolute Gasteiger partial charge is 0.187 e. The lowest BCUT2D eigenvalue weighted by atomic mass is 10.1. The minimum absolute atomic E-state index is 0.666. The largest absolute Gasteiger partial charge is 0.314 e. The molecule has 4 rings (SSSR count). The van der Waals surface area contributed by atoms with Crippen LogP contribution in [0.1, 0.15) is 0 Å². The molecule has 1 N–H and O–H groups in total. The summed E-state index contributed by atoms with van der Waals surface area (Å²) in [4.78, 5) is 13.4. The Morgan fingerprint density at radius 1 is 1.21 bits per heavy atom. The third kappa shape index (κ3) is 2.60. The highest BCUT2D eigenvalue weighted by molar-refractivity contribution is 7.98. The number of aromatic amines is 1. The quantitative estimate of drug-likeness (QED) is 0.344. The molecule has 0 spiro atoms. The van der Waals surface area contributed by atoms with Crippen molar-refractivity contribution in [3.05, 3.63) is 43.0 Å². The Bertz CT molecular complexity index is 1010. The van der Waals surface area contributed by atoms with E-state index in [2.05, 4.69) is 54.5 Å². The molecule has 0 aromatic carbocycles. The predicted octanol–water partition coefficient (Wildman–Crippen LogP) is 3.68. The third-order valence-electron chi connectivity index (χ3n) is 3.79. The zero-order valence-corrected chi connectivity index (χ0v) is 15.0. The molecule has 4 heterocycles. The highest BCUT2D eigenvalue weighted by Crippen LogP contribution is 2.31. The molecule has 1 atom stereocenters. The standard InChI is InChI=1S/C16H15N6PS/c1-23-22-6-4-10-7-11(8-18-15(10)22)14-12(9-19-21-14)13-3-5-17-16(20-13)24-2/h3-9,23H,1-2H3,(H,19,21). The number of rotatable bonds is 4. The topological polar surface area (TPSA) is 72.3 Å². The zero-order valence-electron chi connectivity index (χ0n) is 13.2. The van der Waals surface area contributed by atoms with E-state index in [1.54, 1.807) is 12.4 Å². The molecule has 0 amide bonds. The molecular formula is C16H15N6PS. The molecule has 0 radical (unpaired) electrons. The van der Waals surface area contributed by atoms with E-state index in [-0.39, 0.29) is 0 Å². The van der Waals surface area contributed by atoms with Crippen LogP contribution in [-0.4, -0.2) is 42.4 Å². The first-order chi connectivity index (χ1) is 11.8. The molecule has 24 heavy (non-hydrogen) atoms. The van der Waals surface area contributed by atoms with Gasteiger partial charge >= 0.3 is 0 Å². The van der Waals surface area contributed by atoms with E-state index in [1.807, 2.05) is 18.5 Å². The maximum absolute atomic E-state index is 4.62. The van der Waals surface area contributed by atoms with Gasteiger partial charge in [0.15, 0.2) is 5.16 Å². The first-order valence-corrected chi connectivity index (χ1v) is 10.0. The van der Waals surface area contributed by atoms with Crippen LogP contribution < -0.4 is 0 Å². The van der Waals surface area contributed by atoms with Crippen LogP contribution in [0.3, 0.4) is 0 Å². The summed E-state index contributed by atoms with van der Waals surface area (Å²) in [5.41, 5.74) is 4.72.